The van der Waals surface area contributed by atoms with Crippen LogP contribution in [-0.2, 0) is 9.53 Å². The van der Waals surface area contributed by atoms with E-state index < -0.39 is 17.7 Å². The summed E-state index contributed by atoms with van der Waals surface area (Å²) in [7, 11) is 1.56. The summed E-state index contributed by atoms with van der Waals surface area (Å²) >= 11 is 0. The van der Waals surface area contributed by atoms with Crippen LogP contribution in [-0.4, -0.2) is 43.2 Å². The highest BCUT2D eigenvalue weighted by molar-refractivity contribution is 5.77. The summed E-state index contributed by atoms with van der Waals surface area (Å²) in [6.07, 6.45) is 0. The standard InChI is InChI=1S/C15H20F2N2O2/c1-10(12-6-11(16)4-5-13(12)17)19(3)14(20)7-21-15(2)8-18-9-15/h4-6,10,18H,7-9H2,1-3H3. The molecule has 2 rings (SSSR count). The molecule has 1 unspecified atom stereocenters. The normalized spacial score (nSPS) is 18.0. The van der Waals surface area contributed by atoms with Crippen molar-refractivity contribution in [1.29, 1.82) is 0 Å². The average molecular weight is 298 g/mol. The number of hydrogen-bond acceptors (Lipinski definition) is 3. The third-order valence-corrected chi connectivity index (χ3v) is 3.92. The number of amides is 1. The van der Waals surface area contributed by atoms with Gasteiger partial charge in [0.15, 0.2) is 0 Å². The molecule has 0 saturated carbocycles. The quantitative estimate of drug-likeness (QED) is 0.902. The number of hydrogen-bond donors (Lipinski definition) is 1. The second kappa shape index (κ2) is 6.07. The van der Waals surface area contributed by atoms with Gasteiger partial charge in [-0.15, -0.1) is 0 Å². The maximum absolute atomic E-state index is 13.7. The molecule has 0 bridgehead atoms. The van der Waals surface area contributed by atoms with Crippen molar-refractivity contribution < 1.29 is 18.3 Å². The lowest BCUT2D eigenvalue weighted by molar-refractivity contribution is -0.146. The topological polar surface area (TPSA) is 41.6 Å². The van der Waals surface area contributed by atoms with Crippen LogP contribution in [0.2, 0.25) is 0 Å². The van der Waals surface area contributed by atoms with E-state index in [0.717, 1.165) is 18.2 Å². The van der Waals surface area contributed by atoms with E-state index in [4.69, 9.17) is 4.74 Å². The van der Waals surface area contributed by atoms with Crippen LogP contribution in [0.3, 0.4) is 0 Å². The van der Waals surface area contributed by atoms with Gasteiger partial charge in [-0.1, -0.05) is 0 Å². The molecule has 1 N–H and O–H groups in total. The molecule has 0 spiro atoms. The van der Waals surface area contributed by atoms with Gasteiger partial charge in [0.2, 0.25) is 5.91 Å². The predicted molar refractivity (Wildman–Crippen MR) is 74.8 cm³/mol. The molecule has 21 heavy (non-hydrogen) atoms. The molecule has 1 saturated heterocycles. The number of nitrogens with one attached hydrogen (secondary N) is 1. The maximum Gasteiger partial charge on any atom is 0.248 e. The molecule has 1 fully saturated rings. The molecule has 1 atom stereocenters. The van der Waals surface area contributed by atoms with Crippen molar-refractivity contribution in [3.05, 3.63) is 35.4 Å². The molecular formula is C15H20F2N2O2. The van der Waals surface area contributed by atoms with Gasteiger partial charge in [-0.05, 0) is 32.0 Å². The van der Waals surface area contributed by atoms with Crippen molar-refractivity contribution in [3.8, 4) is 0 Å². The minimum Gasteiger partial charge on any atom is -0.363 e. The molecule has 1 amide bonds. The van der Waals surface area contributed by atoms with E-state index in [9.17, 15) is 13.6 Å². The summed E-state index contributed by atoms with van der Waals surface area (Å²) in [5.41, 5.74) is -0.161. The smallest absolute Gasteiger partial charge is 0.248 e. The predicted octanol–water partition coefficient (Wildman–Crippen LogP) is 1.86. The fraction of sp³-hybridized carbons (Fsp3) is 0.533. The number of carbonyl (C=O) groups excluding carboxylic acids is 1. The summed E-state index contributed by atoms with van der Waals surface area (Å²) in [5, 5.41) is 3.08. The van der Waals surface area contributed by atoms with Crippen molar-refractivity contribution in [2.45, 2.75) is 25.5 Å². The Kier molecular flexibility index (Phi) is 4.58. The van der Waals surface area contributed by atoms with Gasteiger partial charge in [-0.3, -0.25) is 4.79 Å². The first-order valence-corrected chi connectivity index (χ1v) is 6.88. The number of halogens is 2. The Balaban J connectivity index is 1.99. The van der Waals surface area contributed by atoms with Crippen molar-refractivity contribution in [1.82, 2.24) is 10.2 Å². The second-order valence-electron chi connectivity index (χ2n) is 5.69. The molecule has 1 aromatic rings. The first kappa shape index (κ1) is 15.9. The summed E-state index contributed by atoms with van der Waals surface area (Å²) in [6.45, 7) is 4.92. The molecule has 0 aliphatic carbocycles. The minimum absolute atomic E-state index is 0.0735. The minimum atomic E-state index is -0.566. The van der Waals surface area contributed by atoms with Crippen molar-refractivity contribution in [2.75, 3.05) is 26.7 Å². The van der Waals surface area contributed by atoms with Crippen LogP contribution in [0.1, 0.15) is 25.5 Å². The van der Waals surface area contributed by atoms with Gasteiger partial charge >= 0.3 is 0 Å². The Labute approximate surface area is 123 Å². The Morgan fingerprint density at radius 2 is 2.14 bits per heavy atom. The Morgan fingerprint density at radius 3 is 2.71 bits per heavy atom. The maximum atomic E-state index is 13.7. The lowest BCUT2D eigenvalue weighted by Crippen LogP contribution is -2.59. The van der Waals surface area contributed by atoms with Crippen LogP contribution in [0.4, 0.5) is 8.78 Å². The van der Waals surface area contributed by atoms with E-state index >= 15 is 0 Å². The van der Waals surface area contributed by atoms with Crippen molar-refractivity contribution in [3.63, 3.8) is 0 Å². The molecule has 1 aliphatic heterocycles. The molecule has 0 radical (unpaired) electrons. The number of carbonyl (C=O) groups is 1. The highest BCUT2D eigenvalue weighted by atomic mass is 19.1. The molecule has 6 heteroatoms. The highest BCUT2D eigenvalue weighted by Gasteiger charge is 2.33. The fourth-order valence-corrected chi connectivity index (χ4v) is 2.18. The van der Waals surface area contributed by atoms with E-state index in [2.05, 4.69) is 5.32 Å². The van der Waals surface area contributed by atoms with Crippen molar-refractivity contribution >= 4 is 5.91 Å². The largest absolute Gasteiger partial charge is 0.363 e. The van der Waals surface area contributed by atoms with E-state index in [0.29, 0.717) is 13.1 Å². The van der Waals surface area contributed by atoms with Crippen LogP contribution in [0.5, 0.6) is 0 Å². The molecule has 1 heterocycles. The third-order valence-electron chi connectivity index (χ3n) is 3.92. The van der Waals surface area contributed by atoms with Crippen molar-refractivity contribution in [2.24, 2.45) is 0 Å². The second-order valence-corrected chi connectivity index (χ2v) is 5.69. The lowest BCUT2D eigenvalue weighted by Gasteiger charge is -2.39. The number of ether oxygens (including phenoxy) is 1. The van der Waals surface area contributed by atoms with E-state index in [1.54, 1.807) is 14.0 Å². The fourth-order valence-electron chi connectivity index (χ4n) is 2.18. The summed E-state index contributed by atoms with van der Waals surface area (Å²) < 4.78 is 32.5. The van der Waals surface area contributed by atoms with Gasteiger partial charge in [0.05, 0.1) is 11.6 Å². The molecule has 0 aromatic heterocycles. The summed E-state index contributed by atoms with van der Waals surface area (Å²) in [6, 6.07) is 2.67. The van der Waals surface area contributed by atoms with Crippen LogP contribution in [0.25, 0.3) is 0 Å². The van der Waals surface area contributed by atoms with E-state index in [-0.39, 0.29) is 23.7 Å². The molecular weight excluding hydrogens is 278 g/mol. The monoisotopic (exact) mass is 298 g/mol. The molecule has 116 valence electrons. The Bertz CT molecular complexity index is 532. The van der Waals surface area contributed by atoms with E-state index in [1.807, 2.05) is 6.92 Å². The summed E-state index contributed by atoms with van der Waals surface area (Å²) in [4.78, 5) is 13.5. The van der Waals surface area contributed by atoms with E-state index in [1.165, 1.54) is 4.90 Å². The number of nitrogens with zero attached hydrogens (tertiary/aromatic N) is 1. The van der Waals surface area contributed by atoms with Gasteiger partial charge < -0.3 is 15.0 Å². The number of benzene rings is 1. The first-order valence-electron chi connectivity index (χ1n) is 6.88. The number of rotatable bonds is 5. The lowest BCUT2D eigenvalue weighted by atomic mass is 10.0. The van der Waals surface area contributed by atoms with Gasteiger partial charge in [-0.25, -0.2) is 8.78 Å². The molecule has 4 nitrogen and oxygen atoms in total. The zero-order chi connectivity index (χ0) is 15.6. The van der Waals surface area contributed by atoms with Crippen LogP contribution in [0, 0.1) is 11.6 Å². The van der Waals surface area contributed by atoms with Crippen LogP contribution >= 0.6 is 0 Å². The summed E-state index contributed by atoms with van der Waals surface area (Å²) in [5.74, 6) is -1.32. The zero-order valence-electron chi connectivity index (χ0n) is 12.5. The SMILES string of the molecule is CC(c1cc(F)ccc1F)N(C)C(=O)COC1(C)CNC1. The van der Waals surface area contributed by atoms with Gasteiger partial charge in [0.25, 0.3) is 0 Å². The number of likely N-dealkylation sites (N-methyl/N-ethyl adjacent to an activating group) is 1. The van der Waals surface area contributed by atoms with Crippen LogP contribution < -0.4 is 5.32 Å². The first-order chi connectivity index (χ1) is 9.82. The Hall–Kier alpha value is -1.53. The highest BCUT2D eigenvalue weighted by Crippen LogP contribution is 2.23. The third kappa shape index (κ3) is 3.57. The van der Waals surface area contributed by atoms with Gasteiger partial charge in [0.1, 0.15) is 18.2 Å². The van der Waals surface area contributed by atoms with Gasteiger partial charge in [0, 0.05) is 25.7 Å². The van der Waals surface area contributed by atoms with Crippen LogP contribution in [0.15, 0.2) is 18.2 Å². The molecule has 1 aliphatic rings. The zero-order valence-corrected chi connectivity index (χ0v) is 12.5. The Morgan fingerprint density at radius 1 is 1.48 bits per heavy atom. The average Bonchev–Trinajstić information content (AvgIpc) is 2.43. The molecule has 1 aromatic carbocycles. The van der Waals surface area contributed by atoms with Gasteiger partial charge in [-0.2, -0.15) is 0 Å².